The minimum Gasteiger partial charge on any atom is -0.379 e. The van der Waals surface area contributed by atoms with Crippen molar-refractivity contribution in [2.45, 2.75) is 39.2 Å². The highest BCUT2D eigenvalue weighted by molar-refractivity contribution is 5.98. The number of nitrogens with one attached hydrogen (secondary N) is 1. The second-order valence-corrected chi connectivity index (χ2v) is 4.46. The Morgan fingerprint density at radius 1 is 1.50 bits per heavy atom. The monoisotopic (exact) mass is 191 g/mol. The van der Waals surface area contributed by atoms with E-state index in [9.17, 15) is 4.79 Å². The quantitative estimate of drug-likeness (QED) is 0.688. The van der Waals surface area contributed by atoms with E-state index in [1.807, 2.05) is 6.08 Å². The minimum absolute atomic E-state index is 0.257. The van der Waals surface area contributed by atoms with E-state index in [0.29, 0.717) is 18.4 Å². The number of rotatable bonds is 1. The van der Waals surface area contributed by atoms with E-state index < -0.39 is 0 Å². The lowest BCUT2D eigenvalue weighted by Crippen LogP contribution is -2.40. The Balaban J connectivity index is 2.20. The summed E-state index contributed by atoms with van der Waals surface area (Å²) in [5, 5.41) is 3.38. The smallest absolute Gasteiger partial charge is 0.182 e. The molecule has 1 atom stereocenters. The summed E-state index contributed by atoms with van der Waals surface area (Å²) in [6.45, 7) is 4.40. The Hall–Kier alpha value is -1.05. The van der Waals surface area contributed by atoms with Crippen LogP contribution in [0.1, 0.15) is 33.1 Å². The molecule has 1 aliphatic carbocycles. The maximum absolute atomic E-state index is 11.6. The molecule has 0 aromatic heterocycles. The molecule has 1 N–H and O–H groups in total. The van der Waals surface area contributed by atoms with Gasteiger partial charge in [0, 0.05) is 12.5 Å². The fourth-order valence-electron chi connectivity index (χ4n) is 2.12. The highest BCUT2D eigenvalue weighted by Crippen LogP contribution is 2.26. The third-order valence-electron chi connectivity index (χ3n) is 3.08. The number of carbonyl (C=O) groups is 1. The normalized spacial score (nSPS) is 26.5. The molecule has 0 bridgehead atoms. The van der Waals surface area contributed by atoms with Crippen molar-refractivity contribution < 1.29 is 4.79 Å². The van der Waals surface area contributed by atoms with Gasteiger partial charge in [0.15, 0.2) is 5.78 Å². The van der Waals surface area contributed by atoms with Gasteiger partial charge in [0.1, 0.15) is 0 Å². The van der Waals surface area contributed by atoms with Gasteiger partial charge in [0.25, 0.3) is 0 Å². The molecule has 1 unspecified atom stereocenters. The number of ketones is 1. The predicted molar refractivity (Wildman–Crippen MR) is 56.8 cm³/mol. The van der Waals surface area contributed by atoms with Crippen LogP contribution in [0.15, 0.2) is 23.4 Å². The molecule has 1 aliphatic heterocycles. The van der Waals surface area contributed by atoms with E-state index in [1.54, 1.807) is 0 Å². The van der Waals surface area contributed by atoms with Crippen molar-refractivity contribution in [1.82, 2.24) is 5.32 Å². The third kappa shape index (κ3) is 1.61. The largest absolute Gasteiger partial charge is 0.379 e. The van der Waals surface area contributed by atoms with Crippen LogP contribution >= 0.6 is 0 Å². The van der Waals surface area contributed by atoms with Crippen LogP contribution in [0.3, 0.4) is 0 Å². The first-order valence-electron chi connectivity index (χ1n) is 5.38. The molecule has 0 saturated carbocycles. The molecule has 76 valence electrons. The summed E-state index contributed by atoms with van der Waals surface area (Å²) in [7, 11) is 0. The van der Waals surface area contributed by atoms with Crippen molar-refractivity contribution in [1.29, 1.82) is 0 Å². The SMILES string of the molecule is CC(C)C1CCC2=C(N1)C(=O)CC=C2. The topological polar surface area (TPSA) is 29.1 Å². The first kappa shape index (κ1) is 9.50. The number of hydrogen-bond donors (Lipinski definition) is 1. The molecule has 2 aliphatic rings. The molecule has 0 aromatic carbocycles. The lowest BCUT2D eigenvalue weighted by molar-refractivity contribution is -0.115. The Morgan fingerprint density at radius 3 is 3.00 bits per heavy atom. The van der Waals surface area contributed by atoms with Gasteiger partial charge in [0.2, 0.25) is 0 Å². The van der Waals surface area contributed by atoms with Crippen molar-refractivity contribution in [2.75, 3.05) is 0 Å². The summed E-state index contributed by atoms with van der Waals surface area (Å²) in [6.07, 6.45) is 6.83. The molecular weight excluding hydrogens is 174 g/mol. The maximum Gasteiger partial charge on any atom is 0.182 e. The highest BCUT2D eigenvalue weighted by Gasteiger charge is 2.26. The fraction of sp³-hybridized carbons (Fsp3) is 0.583. The van der Waals surface area contributed by atoms with Gasteiger partial charge >= 0.3 is 0 Å². The Kier molecular flexibility index (Phi) is 2.44. The van der Waals surface area contributed by atoms with Gasteiger partial charge in [0.05, 0.1) is 5.70 Å². The van der Waals surface area contributed by atoms with E-state index in [1.165, 1.54) is 5.57 Å². The maximum atomic E-state index is 11.6. The summed E-state index contributed by atoms with van der Waals surface area (Å²) >= 11 is 0. The molecule has 2 rings (SSSR count). The van der Waals surface area contributed by atoms with E-state index in [-0.39, 0.29) is 5.78 Å². The number of allylic oxidation sites excluding steroid dienone is 4. The zero-order chi connectivity index (χ0) is 10.1. The first-order chi connectivity index (χ1) is 6.68. The number of carbonyl (C=O) groups excluding carboxylic acids is 1. The van der Waals surface area contributed by atoms with Crippen molar-refractivity contribution in [2.24, 2.45) is 5.92 Å². The lowest BCUT2D eigenvalue weighted by Gasteiger charge is -2.31. The minimum atomic E-state index is 0.257. The molecule has 0 amide bonds. The van der Waals surface area contributed by atoms with Gasteiger partial charge in [-0.3, -0.25) is 4.79 Å². The van der Waals surface area contributed by atoms with Crippen LogP contribution in [0, 0.1) is 5.92 Å². The van der Waals surface area contributed by atoms with Crippen LogP contribution in [-0.4, -0.2) is 11.8 Å². The highest BCUT2D eigenvalue weighted by atomic mass is 16.1. The molecule has 2 heteroatoms. The standard InChI is InChI=1S/C12H17NO/c1-8(2)10-7-6-9-4-3-5-11(14)12(9)13-10/h3-4,8,10,13H,5-7H2,1-2H3. The molecule has 2 nitrogen and oxygen atoms in total. The molecule has 0 radical (unpaired) electrons. The summed E-state index contributed by atoms with van der Waals surface area (Å²) in [5.41, 5.74) is 2.09. The van der Waals surface area contributed by atoms with Crippen LogP contribution in [0.25, 0.3) is 0 Å². The molecule has 0 aromatic rings. The average Bonchev–Trinajstić information content (AvgIpc) is 2.18. The van der Waals surface area contributed by atoms with Gasteiger partial charge in [-0.15, -0.1) is 0 Å². The lowest BCUT2D eigenvalue weighted by atomic mass is 9.88. The Bertz CT molecular complexity index is 312. The van der Waals surface area contributed by atoms with Crippen LogP contribution in [-0.2, 0) is 4.79 Å². The molecule has 0 saturated heterocycles. The fourth-order valence-corrected chi connectivity index (χ4v) is 2.12. The van der Waals surface area contributed by atoms with Gasteiger partial charge < -0.3 is 5.32 Å². The zero-order valence-corrected chi connectivity index (χ0v) is 8.84. The van der Waals surface area contributed by atoms with Gasteiger partial charge in [-0.2, -0.15) is 0 Å². The van der Waals surface area contributed by atoms with E-state index in [2.05, 4.69) is 25.2 Å². The summed E-state index contributed by atoms with van der Waals surface area (Å²) in [6, 6.07) is 0.476. The van der Waals surface area contributed by atoms with Crippen molar-refractivity contribution in [3.63, 3.8) is 0 Å². The molecule has 0 spiro atoms. The number of Topliss-reactive ketones (excluding diaryl/α,β-unsaturated/α-hetero) is 1. The summed E-state index contributed by atoms with van der Waals surface area (Å²) in [5.74, 6) is 0.857. The predicted octanol–water partition coefficient (Wildman–Crippen LogP) is 2.18. The van der Waals surface area contributed by atoms with Crippen LogP contribution in [0.5, 0.6) is 0 Å². The Morgan fingerprint density at radius 2 is 2.29 bits per heavy atom. The molecule has 0 fully saturated rings. The van der Waals surface area contributed by atoms with E-state index in [4.69, 9.17) is 0 Å². The zero-order valence-electron chi connectivity index (χ0n) is 8.84. The van der Waals surface area contributed by atoms with E-state index >= 15 is 0 Å². The van der Waals surface area contributed by atoms with Crippen LogP contribution in [0.4, 0.5) is 0 Å². The second-order valence-electron chi connectivity index (χ2n) is 4.46. The van der Waals surface area contributed by atoms with E-state index in [0.717, 1.165) is 18.5 Å². The van der Waals surface area contributed by atoms with Gasteiger partial charge in [-0.25, -0.2) is 0 Å². The average molecular weight is 191 g/mol. The first-order valence-corrected chi connectivity index (χ1v) is 5.38. The van der Waals surface area contributed by atoms with Crippen molar-refractivity contribution >= 4 is 5.78 Å². The third-order valence-corrected chi connectivity index (χ3v) is 3.08. The van der Waals surface area contributed by atoms with Crippen molar-refractivity contribution in [3.05, 3.63) is 23.4 Å². The summed E-state index contributed by atoms with van der Waals surface area (Å²) in [4.78, 5) is 11.6. The second kappa shape index (κ2) is 3.60. The number of hydrogen-bond acceptors (Lipinski definition) is 2. The van der Waals surface area contributed by atoms with Crippen molar-refractivity contribution in [3.8, 4) is 0 Å². The Labute approximate surface area is 85.1 Å². The molecule has 14 heavy (non-hydrogen) atoms. The molecule has 1 heterocycles. The van der Waals surface area contributed by atoms with Crippen LogP contribution < -0.4 is 5.32 Å². The summed E-state index contributed by atoms with van der Waals surface area (Å²) < 4.78 is 0. The van der Waals surface area contributed by atoms with Crippen LogP contribution in [0.2, 0.25) is 0 Å². The van der Waals surface area contributed by atoms with Gasteiger partial charge in [-0.05, 0) is 24.3 Å². The molecular formula is C12H17NO. The van der Waals surface area contributed by atoms with Gasteiger partial charge in [-0.1, -0.05) is 26.0 Å².